The number of anilines is 2. The number of hydrogen-bond acceptors (Lipinski definition) is 3. The number of carbonyl (C=O) groups is 1. The molecular weight excluding hydrogens is 379 g/mol. The fraction of sp³-hybridized carbons (Fsp3) is 0.381. The van der Waals surface area contributed by atoms with Crippen molar-refractivity contribution in [2.75, 3.05) is 16.2 Å². The van der Waals surface area contributed by atoms with Crippen molar-refractivity contribution in [2.24, 2.45) is 5.92 Å². The highest BCUT2D eigenvalue weighted by atomic mass is 32.2. The molecule has 0 bridgehead atoms. The number of nitrogens with zero attached hydrogens (tertiary/aromatic N) is 1. The standard InChI is InChI=1S/C21H23FN2O3S/c22-19-8-4-3-7-17(19)14-28(26,27)23-18-9-10-20-16(13-18)11-12-24(20)21(25)15-5-1-2-6-15/h3-4,7-10,13,15,23H,1-2,5-6,11-12,14H2. The average Bonchev–Trinajstić information content (AvgIpc) is 3.32. The SMILES string of the molecule is O=C(C1CCCC1)N1CCc2cc(NS(=O)(=O)Cc3ccccc3F)ccc21. The van der Waals surface area contributed by atoms with Gasteiger partial charge in [0.2, 0.25) is 15.9 Å². The van der Waals surface area contributed by atoms with Gasteiger partial charge in [0.25, 0.3) is 0 Å². The smallest absolute Gasteiger partial charge is 0.237 e. The van der Waals surface area contributed by atoms with E-state index < -0.39 is 21.6 Å². The Labute approximate surface area is 164 Å². The molecule has 2 aliphatic rings. The Kier molecular flexibility index (Phi) is 5.10. The van der Waals surface area contributed by atoms with Gasteiger partial charge in [0.1, 0.15) is 5.82 Å². The zero-order valence-corrected chi connectivity index (χ0v) is 16.3. The van der Waals surface area contributed by atoms with Gasteiger partial charge in [0, 0.05) is 29.4 Å². The summed E-state index contributed by atoms with van der Waals surface area (Å²) in [7, 11) is -3.74. The molecule has 28 heavy (non-hydrogen) atoms. The molecule has 1 saturated carbocycles. The predicted molar refractivity (Wildman–Crippen MR) is 107 cm³/mol. The molecule has 1 amide bonds. The molecule has 0 unspecified atom stereocenters. The number of nitrogens with one attached hydrogen (secondary N) is 1. The second-order valence-electron chi connectivity index (χ2n) is 7.52. The molecule has 5 nitrogen and oxygen atoms in total. The minimum absolute atomic E-state index is 0.116. The van der Waals surface area contributed by atoms with Crippen molar-refractivity contribution in [3.8, 4) is 0 Å². The van der Waals surface area contributed by atoms with Crippen molar-refractivity contribution in [3.63, 3.8) is 0 Å². The van der Waals surface area contributed by atoms with Crippen LogP contribution < -0.4 is 9.62 Å². The van der Waals surface area contributed by atoms with E-state index in [0.29, 0.717) is 18.7 Å². The summed E-state index contributed by atoms with van der Waals surface area (Å²) in [5.74, 6) is -0.666. The van der Waals surface area contributed by atoms with Crippen LogP contribution in [-0.4, -0.2) is 20.9 Å². The van der Waals surface area contributed by atoms with Crippen molar-refractivity contribution in [2.45, 2.75) is 37.9 Å². The lowest BCUT2D eigenvalue weighted by Crippen LogP contribution is -2.33. The number of hydrogen-bond donors (Lipinski definition) is 1. The molecule has 1 fully saturated rings. The minimum Gasteiger partial charge on any atom is -0.312 e. The molecule has 0 spiro atoms. The maximum Gasteiger partial charge on any atom is 0.237 e. The van der Waals surface area contributed by atoms with Crippen LogP contribution in [0.2, 0.25) is 0 Å². The van der Waals surface area contributed by atoms with Crippen molar-refractivity contribution >= 4 is 27.3 Å². The first-order valence-corrected chi connectivity index (χ1v) is 11.3. The molecule has 2 aromatic carbocycles. The zero-order valence-electron chi connectivity index (χ0n) is 15.5. The van der Waals surface area contributed by atoms with Crippen LogP contribution in [-0.2, 0) is 27.0 Å². The van der Waals surface area contributed by atoms with Crippen LogP contribution >= 0.6 is 0 Å². The predicted octanol–water partition coefficient (Wildman–Crippen LogP) is 3.85. The number of benzene rings is 2. The normalized spacial score (nSPS) is 17.0. The van der Waals surface area contributed by atoms with Gasteiger partial charge in [0.15, 0.2) is 0 Å². The topological polar surface area (TPSA) is 66.5 Å². The lowest BCUT2D eigenvalue weighted by Gasteiger charge is -2.21. The maximum absolute atomic E-state index is 13.8. The summed E-state index contributed by atoms with van der Waals surface area (Å²) < 4.78 is 41.1. The molecule has 1 aliphatic carbocycles. The molecule has 0 aromatic heterocycles. The molecule has 1 N–H and O–H groups in total. The Morgan fingerprint density at radius 2 is 1.89 bits per heavy atom. The Morgan fingerprint density at radius 3 is 2.64 bits per heavy atom. The van der Waals surface area contributed by atoms with Gasteiger partial charge in [-0.25, -0.2) is 12.8 Å². The largest absolute Gasteiger partial charge is 0.312 e. The van der Waals surface area contributed by atoms with Crippen molar-refractivity contribution in [1.82, 2.24) is 0 Å². The molecule has 2 aromatic rings. The van der Waals surface area contributed by atoms with E-state index in [0.717, 1.165) is 36.9 Å². The zero-order chi connectivity index (χ0) is 19.7. The van der Waals surface area contributed by atoms with E-state index in [1.165, 1.54) is 18.2 Å². The van der Waals surface area contributed by atoms with Crippen LogP contribution in [0.15, 0.2) is 42.5 Å². The molecule has 7 heteroatoms. The van der Waals surface area contributed by atoms with Gasteiger partial charge in [-0.2, -0.15) is 0 Å². The van der Waals surface area contributed by atoms with Crippen LogP contribution in [0.25, 0.3) is 0 Å². The first-order chi connectivity index (χ1) is 13.4. The van der Waals surface area contributed by atoms with E-state index in [1.807, 2.05) is 4.90 Å². The highest BCUT2D eigenvalue weighted by Crippen LogP contribution is 2.35. The lowest BCUT2D eigenvalue weighted by molar-refractivity contribution is -0.122. The van der Waals surface area contributed by atoms with E-state index >= 15 is 0 Å². The first kappa shape index (κ1) is 18.9. The van der Waals surface area contributed by atoms with Crippen LogP contribution in [0.3, 0.4) is 0 Å². The van der Waals surface area contributed by atoms with E-state index in [2.05, 4.69) is 4.72 Å². The van der Waals surface area contributed by atoms with Crippen LogP contribution in [0.1, 0.15) is 36.8 Å². The fourth-order valence-corrected chi connectivity index (χ4v) is 5.32. The molecule has 4 rings (SSSR count). The molecule has 0 saturated heterocycles. The van der Waals surface area contributed by atoms with E-state index in [4.69, 9.17) is 0 Å². The molecule has 0 atom stereocenters. The van der Waals surface area contributed by atoms with E-state index in [1.54, 1.807) is 24.3 Å². The Bertz CT molecular complexity index is 1000. The fourth-order valence-electron chi connectivity index (χ4n) is 4.12. The van der Waals surface area contributed by atoms with Crippen LogP contribution in [0.5, 0.6) is 0 Å². The molecule has 148 valence electrons. The number of sulfonamides is 1. The van der Waals surface area contributed by atoms with Gasteiger partial charge >= 0.3 is 0 Å². The monoisotopic (exact) mass is 402 g/mol. The third-order valence-electron chi connectivity index (χ3n) is 5.52. The van der Waals surface area contributed by atoms with Gasteiger partial charge in [-0.3, -0.25) is 9.52 Å². The highest BCUT2D eigenvalue weighted by Gasteiger charge is 2.32. The van der Waals surface area contributed by atoms with Gasteiger partial charge in [-0.1, -0.05) is 31.0 Å². The summed E-state index contributed by atoms with van der Waals surface area (Å²) in [6.45, 7) is 0.635. The second kappa shape index (κ2) is 7.54. The van der Waals surface area contributed by atoms with Crippen LogP contribution in [0.4, 0.5) is 15.8 Å². The maximum atomic E-state index is 13.8. The molecular formula is C21H23FN2O3S. The average molecular weight is 402 g/mol. The van der Waals surface area contributed by atoms with Gasteiger partial charge in [-0.15, -0.1) is 0 Å². The summed E-state index contributed by atoms with van der Waals surface area (Å²) in [6, 6.07) is 11.1. The third-order valence-corrected chi connectivity index (χ3v) is 6.76. The summed E-state index contributed by atoms with van der Waals surface area (Å²) in [6.07, 6.45) is 4.84. The summed E-state index contributed by atoms with van der Waals surface area (Å²) in [4.78, 5) is 14.6. The summed E-state index contributed by atoms with van der Waals surface area (Å²) in [5, 5.41) is 0. The Hall–Kier alpha value is -2.41. The molecule has 1 aliphatic heterocycles. The minimum atomic E-state index is -3.74. The molecule has 1 heterocycles. The van der Waals surface area contributed by atoms with Crippen molar-refractivity contribution in [1.29, 1.82) is 0 Å². The quantitative estimate of drug-likeness (QED) is 0.826. The second-order valence-corrected chi connectivity index (χ2v) is 9.24. The summed E-state index contributed by atoms with van der Waals surface area (Å²) >= 11 is 0. The van der Waals surface area contributed by atoms with Crippen molar-refractivity contribution in [3.05, 3.63) is 59.4 Å². The lowest BCUT2D eigenvalue weighted by atomic mass is 10.1. The molecule has 0 radical (unpaired) electrons. The number of halogens is 1. The van der Waals surface area contributed by atoms with Gasteiger partial charge < -0.3 is 4.90 Å². The summed E-state index contributed by atoms with van der Waals surface area (Å²) in [5.41, 5.74) is 2.39. The van der Waals surface area contributed by atoms with E-state index in [9.17, 15) is 17.6 Å². The number of amides is 1. The number of fused-ring (bicyclic) bond motifs is 1. The van der Waals surface area contributed by atoms with Crippen LogP contribution in [0, 0.1) is 11.7 Å². The Balaban J connectivity index is 1.49. The highest BCUT2D eigenvalue weighted by molar-refractivity contribution is 7.91. The third kappa shape index (κ3) is 3.90. The first-order valence-electron chi connectivity index (χ1n) is 9.61. The van der Waals surface area contributed by atoms with Gasteiger partial charge in [0.05, 0.1) is 5.75 Å². The van der Waals surface area contributed by atoms with Gasteiger partial charge in [-0.05, 0) is 49.1 Å². The number of rotatable bonds is 5. The van der Waals surface area contributed by atoms with Crippen molar-refractivity contribution < 1.29 is 17.6 Å². The van der Waals surface area contributed by atoms with E-state index in [-0.39, 0.29) is 17.4 Å². The number of carbonyl (C=O) groups excluding carboxylic acids is 1. The Morgan fingerprint density at radius 1 is 1.14 bits per heavy atom.